The third-order valence-corrected chi connectivity index (χ3v) is 3.02. The van der Waals surface area contributed by atoms with E-state index in [1.54, 1.807) is 18.9 Å². The summed E-state index contributed by atoms with van der Waals surface area (Å²) < 4.78 is 4.73. The summed E-state index contributed by atoms with van der Waals surface area (Å²) in [7, 11) is 1.75. The number of aromatic nitrogens is 1. The molecule has 0 aliphatic carbocycles. The summed E-state index contributed by atoms with van der Waals surface area (Å²) in [5.74, 6) is 0.00732. The van der Waals surface area contributed by atoms with Crippen LogP contribution in [0, 0.1) is 12.8 Å². The molecule has 1 aromatic heterocycles. The van der Waals surface area contributed by atoms with Gasteiger partial charge in [0.1, 0.15) is 6.26 Å². The highest BCUT2D eigenvalue weighted by molar-refractivity contribution is 5.95. The van der Waals surface area contributed by atoms with Gasteiger partial charge < -0.3 is 14.7 Å². The Bertz CT molecular complexity index is 441. The van der Waals surface area contributed by atoms with Crippen LogP contribution >= 0.6 is 0 Å². The maximum Gasteiger partial charge on any atom is 0.229 e. The molecule has 0 aromatic carbocycles. The minimum absolute atomic E-state index is 0.00766. The number of aryl methyl sites for hydroxylation is 1. The van der Waals surface area contributed by atoms with E-state index in [1.807, 2.05) is 0 Å². The highest BCUT2D eigenvalue weighted by Crippen LogP contribution is 2.20. The smallest absolute Gasteiger partial charge is 0.229 e. The van der Waals surface area contributed by atoms with E-state index in [1.165, 1.54) is 6.26 Å². The van der Waals surface area contributed by atoms with Crippen LogP contribution in [0.15, 0.2) is 10.8 Å². The summed E-state index contributed by atoms with van der Waals surface area (Å²) in [4.78, 5) is 25.0. The molecule has 92 valence electrons. The highest BCUT2D eigenvalue weighted by atomic mass is 16.5. The van der Waals surface area contributed by atoms with Gasteiger partial charge in [-0.3, -0.25) is 9.59 Å². The molecule has 1 fully saturated rings. The van der Waals surface area contributed by atoms with Crippen molar-refractivity contribution in [3.05, 3.63) is 11.8 Å². The minimum atomic E-state index is -0.269. The van der Waals surface area contributed by atoms with Gasteiger partial charge >= 0.3 is 0 Å². The number of anilines is 1. The van der Waals surface area contributed by atoms with Gasteiger partial charge in [0.25, 0.3) is 0 Å². The SMILES string of the molecule is Cc1conc1NC(=O)C1CCN(C)C(=O)C1. The number of likely N-dealkylation sites (tertiary alicyclic amines) is 1. The van der Waals surface area contributed by atoms with E-state index in [9.17, 15) is 9.59 Å². The second-order valence-electron chi connectivity index (χ2n) is 4.34. The van der Waals surface area contributed by atoms with Crippen molar-refractivity contribution in [2.75, 3.05) is 18.9 Å². The summed E-state index contributed by atoms with van der Waals surface area (Å²) in [6.07, 6.45) is 2.42. The summed E-state index contributed by atoms with van der Waals surface area (Å²) in [6.45, 7) is 2.42. The van der Waals surface area contributed by atoms with Crippen molar-refractivity contribution in [3.63, 3.8) is 0 Å². The van der Waals surface area contributed by atoms with Gasteiger partial charge in [-0.2, -0.15) is 0 Å². The largest absolute Gasteiger partial charge is 0.362 e. The zero-order chi connectivity index (χ0) is 12.4. The van der Waals surface area contributed by atoms with Crippen LogP contribution in [-0.4, -0.2) is 35.5 Å². The first-order chi connectivity index (χ1) is 8.08. The van der Waals surface area contributed by atoms with E-state index in [0.717, 1.165) is 5.56 Å². The maximum absolute atomic E-state index is 11.9. The fourth-order valence-corrected chi connectivity index (χ4v) is 1.79. The van der Waals surface area contributed by atoms with Gasteiger partial charge in [-0.25, -0.2) is 0 Å². The first kappa shape index (κ1) is 11.6. The molecule has 0 saturated carbocycles. The van der Waals surface area contributed by atoms with Crippen LogP contribution in [0.4, 0.5) is 5.82 Å². The molecule has 0 bridgehead atoms. The first-order valence-corrected chi connectivity index (χ1v) is 5.53. The van der Waals surface area contributed by atoms with E-state index in [-0.39, 0.29) is 24.2 Å². The molecular weight excluding hydrogens is 222 g/mol. The Morgan fingerprint density at radius 1 is 1.65 bits per heavy atom. The van der Waals surface area contributed by atoms with Crippen molar-refractivity contribution in [2.24, 2.45) is 5.92 Å². The van der Waals surface area contributed by atoms with Crippen LogP contribution in [-0.2, 0) is 9.59 Å². The Balaban J connectivity index is 1.97. The molecule has 0 spiro atoms. The first-order valence-electron chi connectivity index (χ1n) is 5.53. The topological polar surface area (TPSA) is 75.4 Å². The average molecular weight is 237 g/mol. The maximum atomic E-state index is 11.9. The third-order valence-electron chi connectivity index (χ3n) is 3.02. The number of rotatable bonds is 2. The van der Waals surface area contributed by atoms with E-state index in [2.05, 4.69) is 10.5 Å². The highest BCUT2D eigenvalue weighted by Gasteiger charge is 2.29. The average Bonchev–Trinajstić information content (AvgIpc) is 2.68. The molecule has 6 heteroatoms. The number of hydrogen-bond donors (Lipinski definition) is 1. The van der Waals surface area contributed by atoms with Crippen LogP contribution in [0.5, 0.6) is 0 Å². The molecule has 1 saturated heterocycles. The van der Waals surface area contributed by atoms with Crippen LogP contribution in [0.25, 0.3) is 0 Å². The van der Waals surface area contributed by atoms with Crippen molar-refractivity contribution in [1.29, 1.82) is 0 Å². The Labute approximate surface area is 98.9 Å². The van der Waals surface area contributed by atoms with Crippen LogP contribution in [0.3, 0.4) is 0 Å². The minimum Gasteiger partial charge on any atom is -0.362 e. The molecule has 2 heterocycles. The van der Waals surface area contributed by atoms with Gasteiger partial charge in [0.05, 0.1) is 0 Å². The lowest BCUT2D eigenvalue weighted by Crippen LogP contribution is -2.40. The molecule has 1 unspecified atom stereocenters. The predicted octanol–water partition coefficient (Wildman–Crippen LogP) is 0.790. The zero-order valence-electron chi connectivity index (χ0n) is 9.90. The number of nitrogens with one attached hydrogen (secondary N) is 1. The van der Waals surface area contributed by atoms with Gasteiger partial charge in [0, 0.05) is 31.5 Å². The molecule has 6 nitrogen and oxygen atoms in total. The number of carbonyl (C=O) groups is 2. The number of hydrogen-bond acceptors (Lipinski definition) is 4. The van der Waals surface area contributed by atoms with Crippen molar-refractivity contribution in [3.8, 4) is 0 Å². The van der Waals surface area contributed by atoms with E-state index >= 15 is 0 Å². The molecule has 1 aliphatic heterocycles. The standard InChI is InChI=1S/C11H15N3O3/c1-7-6-17-13-10(7)12-11(16)8-3-4-14(2)9(15)5-8/h6,8H,3-5H2,1-2H3,(H,12,13,16). The number of amides is 2. The Morgan fingerprint density at radius 2 is 2.41 bits per heavy atom. The van der Waals surface area contributed by atoms with Gasteiger partial charge in [-0.15, -0.1) is 0 Å². The summed E-state index contributed by atoms with van der Waals surface area (Å²) >= 11 is 0. The second-order valence-corrected chi connectivity index (χ2v) is 4.34. The number of nitrogens with zero attached hydrogens (tertiary/aromatic N) is 2. The quantitative estimate of drug-likeness (QED) is 0.825. The molecule has 1 aromatic rings. The lowest BCUT2D eigenvalue weighted by molar-refractivity contribution is -0.137. The molecule has 0 radical (unpaired) electrons. The van der Waals surface area contributed by atoms with E-state index in [0.29, 0.717) is 18.8 Å². The molecule has 1 N–H and O–H groups in total. The molecule has 1 atom stereocenters. The fourth-order valence-electron chi connectivity index (χ4n) is 1.79. The molecule has 17 heavy (non-hydrogen) atoms. The second kappa shape index (κ2) is 4.57. The lowest BCUT2D eigenvalue weighted by atomic mass is 9.95. The van der Waals surface area contributed by atoms with Crippen LogP contribution < -0.4 is 5.32 Å². The summed E-state index contributed by atoms with van der Waals surface area (Å²) in [5, 5.41) is 6.36. The van der Waals surface area contributed by atoms with Gasteiger partial charge in [-0.05, 0) is 13.3 Å². The van der Waals surface area contributed by atoms with Crippen LogP contribution in [0.2, 0.25) is 0 Å². The summed E-state index contributed by atoms with van der Waals surface area (Å²) in [6, 6.07) is 0. The number of carbonyl (C=O) groups excluding carboxylic acids is 2. The molecule has 1 aliphatic rings. The van der Waals surface area contributed by atoms with Crippen molar-refractivity contribution < 1.29 is 14.1 Å². The van der Waals surface area contributed by atoms with Gasteiger partial charge in [-0.1, -0.05) is 5.16 Å². The van der Waals surface area contributed by atoms with E-state index in [4.69, 9.17) is 4.52 Å². The lowest BCUT2D eigenvalue weighted by Gasteiger charge is -2.27. The van der Waals surface area contributed by atoms with Crippen molar-refractivity contribution >= 4 is 17.6 Å². The Hall–Kier alpha value is -1.85. The Morgan fingerprint density at radius 3 is 3.00 bits per heavy atom. The fraction of sp³-hybridized carbons (Fsp3) is 0.545. The number of piperidine rings is 1. The van der Waals surface area contributed by atoms with Gasteiger partial charge in [0.15, 0.2) is 5.82 Å². The predicted molar refractivity (Wildman–Crippen MR) is 60.2 cm³/mol. The summed E-state index contributed by atoms with van der Waals surface area (Å²) in [5.41, 5.74) is 0.776. The monoisotopic (exact) mass is 237 g/mol. The zero-order valence-corrected chi connectivity index (χ0v) is 9.90. The molecule has 2 amide bonds. The Kier molecular flexibility index (Phi) is 3.12. The van der Waals surface area contributed by atoms with E-state index < -0.39 is 0 Å². The van der Waals surface area contributed by atoms with Crippen molar-refractivity contribution in [1.82, 2.24) is 10.1 Å². The normalized spacial score (nSPS) is 20.5. The van der Waals surface area contributed by atoms with Crippen molar-refractivity contribution in [2.45, 2.75) is 19.8 Å². The third kappa shape index (κ3) is 2.46. The molecule has 2 rings (SSSR count). The molecular formula is C11H15N3O3. The van der Waals surface area contributed by atoms with Crippen LogP contribution in [0.1, 0.15) is 18.4 Å². The van der Waals surface area contributed by atoms with Gasteiger partial charge in [0.2, 0.25) is 11.8 Å².